The van der Waals surface area contributed by atoms with E-state index in [2.05, 4.69) is 29.0 Å². The first-order valence-electron chi connectivity index (χ1n) is 9.02. The van der Waals surface area contributed by atoms with E-state index in [1.54, 1.807) is 0 Å². The summed E-state index contributed by atoms with van der Waals surface area (Å²) in [6.45, 7) is 13.0. The largest absolute Gasteiger partial charge is 0.394 e. The molecule has 0 spiro atoms. The first-order chi connectivity index (χ1) is 10.2. The van der Waals surface area contributed by atoms with Gasteiger partial charge in [0.2, 0.25) is 0 Å². The molecule has 1 atom stereocenters. The van der Waals surface area contributed by atoms with Crippen LogP contribution in [0.2, 0.25) is 0 Å². The fourth-order valence-electron chi connectivity index (χ4n) is 3.51. The molecule has 1 saturated heterocycles. The third kappa shape index (κ3) is 5.51. The Balaban J connectivity index is 1.61. The monoisotopic (exact) mass is 297 g/mol. The summed E-state index contributed by atoms with van der Waals surface area (Å²) in [4.78, 5) is 5.25. The highest BCUT2D eigenvalue weighted by molar-refractivity contribution is 4.86. The molecular formula is C17H35N3O. The fraction of sp³-hybridized carbons (Fsp3) is 1.00. The molecule has 0 amide bonds. The highest BCUT2D eigenvalue weighted by atomic mass is 16.3. The molecule has 2 fully saturated rings. The topological polar surface area (TPSA) is 38.7 Å². The minimum atomic E-state index is -0.0530. The number of hydrogen-bond acceptors (Lipinski definition) is 4. The average Bonchev–Trinajstić information content (AvgIpc) is 3.32. The predicted octanol–water partition coefficient (Wildman–Crippen LogP) is 1.54. The van der Waals surface area contributed by atoms with Crippen LogP contribution >= 0.6 is 0 Å². The smallest absolute Gasteiger partial charge is 0.0613 e. The number of nitrogens with one attached hydrogen (secondary N) is 1. The lowest BCUT2D eigenvalue weighted by atomic mass is 9.91. The number of aliphatic hydroxyl groups excluding tert-OH is 1. The van der Waals surface area contributed by atoms with Gasteiger partial charge >= 0.3 is 0 Å². The van der Waals surface area contributed by atoms with E-state index in [9.17, 15) is 5.11 Å². The van der Waals surface area contributed by atoms with Crippen molar-refractivity contribution in [1.82, 2.24) is 15.1 Å². The predicted molar refractivity (Wildman–Crippen MR) is 88.6 cm³/mol. The van der Waals surface area contributed by atoms with Crippen LogP contribution in [-0.4, -0.2) is 72.9 Å². The van der Waals surface area contributed by atoms with Crippen molar-refractivity contribution < 1.29 is 5.11 Å². The average molecular weight is 297 g/mol. The van der Waals surface area contributed by atoms with Gasteiger partial charge in [0.1, 0.15) is 0 Å². The fourth-order valence-corrected chi connectivity index (χ4v) is 3.51. The Bertz CT molecular complexity index is 282. The maximum atomic E-state index is 9.69. The molecule has 1 aliphatic carbocycles. The summed E-state index contributed by atoms with van der Waals surface area (Å²) in [5.41, 5.74) is -0.0530. The molecule has 4 nitrogen and oxygen atoms in total. The number of piperazine rings is 1. The lowest BCUT2D eigenvalue weighted by Crippen LogP contribution is -2.49. The summed E-state index contributed by atoms with van der Waals surface area (Å²) in [6.07, 6.45) is 6.20. The number of likely N-dealkylation sites (N-methyl/N-ethyl adjacent to an activating group) is 1. The van der Waals surface area contributed by atoms with Crippen LogP contribution in [0, 0.1) is 5.92 Å². The van der Waals surface area contributed by atoms with Gasteiger partial charge in [-0.1, -0.05) is 13.8 Å². The number of rotatable bonds is 10. The third-order valence-corrected chi connectivity index (χ3v) is 5.34. The van der Waals surface area contributed by atoms with Gasteiger partial charge in [-0.2, -0.15) is 0 Å². The van der Waals surface area contributed by atoms with Crippen LogP contribution in [0.25, 0.3) is 0 Å². The van der Waals surface area contributed by atoms with E-state index in [-0.39, 0.29) is 12.1 Å². The standard InChI is InChI=1S/C17H35N3O/c1-3-17(15-21,18-4-2)8-5-9-19-10-12-20(13-11-19)14-16-6-7-16/h16,18,21H,3-15H2,1-2H3. The van der Waals surface area contributed by atoms with Crippen LogP contribution in [0.15, 0.2) is 0 Å². The van der Waals surface area contributed by atoms with Crippen molar-refractivity contribution in [2.24, 2.45) is 5.92 Å². The summed E-state index contributed by atoms with van der Waals surface area (Å²) in [6, 6.07) is 0. The molecule has 21 heavy (non-hydrogen) atoms. The van der Waals surface area contributed by atoms with Gasteiger partial charge in [-0.25, -0.2) is 0 Å². The highest BCUT2D eigenvalue weighted by Gasteiger charge is 2.28. The van der Waals surface area contributed by atoms with Crippen LogP contribution in [0.4, 0.5) is 0 Å². The van der Waals surface area contributed by atoms with E-state index in [4.69, 9.17) is 0 Å². The third-order valence-electron chi connectivity index (χ3n) is 5.34. The van der Waals surface area contributed by atoms with Crippen molar-refractivity contribution in [1.29, 1.82) is 0 Å². The van der Waals surface area contributed by atoms with Crippen LogP contribution in [0.5, 0.6) is 0 Å². The molecule has 1 heterocycles. The van der Waals surface area contributed by atoms with Gasteiger partial charge in [-0.3, -0.25) is 0 Å². The van der Waals surface area contributed by atoms with E-state index in [0.29, 0.717) is 0 Å². The zero-order valence-electron chi connectivity index (χ0n) is 14.1. The lowest BCUT2D eigenvalue weighted by Gasteiger charge is -2.36. The normalized spacial score (nSPS) is 24.1. The van der Waals surface area contributed by atoms with E-state index < -0.39 is 0 Å². The van der Waals surface area contributed by atoms with Crippen molar-refractivity contribution >= 4 is 0 Å². The van der Waals surface area contributed by atoms with Gasteiger partial charge in [0.05, 0.1) is 6.61 Å². The van der Waals surface area contributed by atoms with Gasteiger partial charge in [0.15, 0.2) is 0 Å². The van der Waals surface area contributed by atoms with Crippen LogP contribution < -0.4 is 5.32 Å². The Morgan fingerprint density at radius 3 is 2.29 bits per heavy atom. The van der Waals surface area contributed by atoms with Gasteiger partial charge in [0.25, 0.3) is 0 Å². The van der Waals surface area contributed by atoms with Crippen molar-refractivity contribution in [2.75, 3.05) is 52.4 Å². The quantitative estimate of drug-likeness (QED) is 0.642. The Kier molecular flexibility index (Phi) is 6.93. The van der Waals surface area contributed by atoms with Crippen molar-refractivity contribution in [2.45, 2.75) is 51.5 Å². The molecule has 0 aromatic rings. The second-order valence-electron chi connectivity index (χ2n) is 7.01. The Morgan fingerprint density at radius 2 is 1.76 bits per heavy atom. The lowest BCUT2D eigenvalue weighted by molar-refractivity contribution is 0.113. The second-order valence-corrected chi connectivity index (χ2v) is 7.01. The van der Waals surface area contributed by atoms with Gasteiger partial charge < -0.3 is 20.2 Å². The number of nitrogens with zero attached hydrogens (tertiary/aromatic N) is 2. The van der Waals surface area contributed by atoms with E-state index in [1.807, 2.05) is 0 Å². The number of hydrogen-bond donors (Lipinski definition) is 2. The van der Waals surface area contributed by atoms with Crippen LogP contribution in [0.1, 0.15) is 46.0 Å². The Hall–Kier alpha value is -0.160. The summed E-state index contributed by atoms with van der Waals surface area (Å²) in [7, 11) is 0. The first kappa shape index (κ1) is 17.2. The second kappa shape index (κ2) is 8.47. The molecular weight excluding hydrogens is 262 g/mol. The highest BCUT2D eigenvalue weighted by Crippen LogP contribution is 2.29. The molecule has 2 aliphatic rings. The number of aliphatic hydroxyl groups is 1. The minimum absolute atomic E-state index is 0.0530. The molecule has 2 N–H and O–H groups in total. The Labute approximate surface area is 130 Å². The maximum Gasteiger partial charge on any atom is 0.0613 e. The molecule has 0 bridgehead atoms. The van der Waals surface area contributed by atoms with Crippen molar-refractivity contribution in [3.63, 3.8) is 0 Å². The molecule has 2 rings (SSSR count). The molecule has 0 aromatic carbocycles. The van der Waals surface area contributed by atoms with E-state index in [0.717, 1.165) is 25.3 Å². The van der Waals surface area contributed by atoms with Crippen LogP contribution in [0.3, 0.4) is 0 Å². The van der Waals surface area contributed by atoms with Gasteiger partial charge in [-0.15, -0.1) is 0 Å². The molecule has 1 saturated carbocycles. The summed E-state index contributed by atoms with van der Waals surface area (Å²) in [5, 5.41) is 13.2. The summed E-state index contributed by atoms with van der Waals surface area (Å²) in [5.74, 6) is 1.02. The minimum Gasteiger partial charge on any atom is -0.394 e. The molecule has 1 unspecified atom stereocenters. The van der Waals surface area contributed by atoms with Crippen molar-refractivity contribution in [3.8, 4) is 0 Å². The zero-order chi connectivity index (χ0) is 15.1. The van der Waals surface area contributed by atoms with Crippen molar-refractivity contribution in [3.05, 3.63) is 0 Å². The van der Waals surface area contributed by atoms with Gasteiger partial charge in [0, 0.05) is 38.3 Å². The summed E-state index contributed by atoms with van der Waals surface area (Å²) >= 11 is 0. The van der Waals surface area contributed by atoms with E-state index in [1.165, 1.54) is 58.5 Å². The molecule has 124 valence electrons. The van der Waals surface area contributed by atoms with Crippen LogP contribution in [-0.2, 0) is 0 Å². The molecule has 1 aliphatic heterocycles. The van der Waals surface area contributed by atoms with Gasteiger partial charge in [-0.05, 0) is 51.1 Å². The SMILES string of the molecule is CCNC(CC)(CO)CCCN1CCN(CC2CC2)CC1. The Morgan fingerprint density at radius 1 is 1.10 bits per heavy atom. The zero-order valence-corrected chi connectivity index (χ0v) is 14.1. The van der Waals surface area contributed by atoms with E-state index >= 15 is 0 Å². The first-order valence-corrected chi connectivity index (χ1v) is 9.02. The molecule has 0 radical (unpaired) electrons. The maximum absolute atomic E-state index is 9.69. The summed E-state index contributed by atoms with van der Waals surface area (Å²) < 4.78 is 0. The molecule has 0 aromatic heterocycles. The molecule has 4 heteroatoms.